The minimum atomic E-state index is -0.412. The van der Waals surface area contributed by atoms with Gasteiger partial charge in [-0.15, -0.1) is 0 Å². The molecule has 0 spiro atoms. The molecule has 0 bridgehead atoms. The van der Waals surface area contributed by atoms with Gasteiger partial charge in [-0.2, -0.15) is 0 Å². The summed E-state index contributed by atoms with van der Waals surface area (Å²) in [6.45, 7) is 2.17. The van der Waals surface area contributed by atoms with Crippen LogP contribution in [0, 0.1) is 12.7 Å². The van der Waals surface area contributed by atoms with Gasteiger partial charge in [0.05, 0.1) is 24.3 Å². The highest BCUT2D eigenvalue weighted by Gasteiger charge is 2.11. The Bertz CT molecular complexity index is 1330. The third kappa shape index (κ3) is 5.57. The summed E-state index contributed by atoms with van der Waals surface area (Å²) in [5.74, 6) is -0.749. The Morgan fingerprint density at radius 2 is 1.82 bits per heavy atom. The number of hydrogen-bond acceptors (Lipinski definition) is 4. The number of carbonyl (C=O) groups is 1. The number of hydrogen-bond donors (Lipinski definition) is 1. The summed E-state index contributed by atoms with van der Waals surface area (Å²) in [6.07, 6.45) is 7.09. The second-order valence-corrected chi connectivity index (χ2v) is 7.81. The van der Waals surface area contributed by atoms with Crippen molar-refractivity contribution >= 4 is 5.91 Å². The van der Waals surface area contributed by atoms with Gasteiger partial charge >= 0.3 is 0 Å². The molecular weight excluding hydrogens is 419 g/mol. The number of pyridine rings is 3. The third-order valence-electron chi connectivity index (χ3n) is 5.31. The summed E-state index contributed by atoms with van der Waals surface area (Å²) in [5.41, 5.74) is 4.02. The van der Waals surface area contributed by atoms with Crippen LogP contribution in [0.1, 0.15) is 38.3 Å². The van der Waals surface area contributed by atoms with Gasteiger partial charge < -0.3 is 9.88 Å². The van der Waals surface area contributed by atoms with Crippen LogP contribution in [-0.4, -0.2) is 20.4 Å². The maximum absolute atomic E-state index is 14.1. The monoisotopic (exact) mass is 442 g/mol. The molecule has 1 amide bonds. The Labute approximate surface area is 190 Å². The molecule has 1 aromatic carbocycles. The Morgan fingerprint density at radius 1 is 1.03 bits per heavy atom. The predicted octanol–water partition coefficient (Wildman–Crippen LogP) is 3.65. The number of aromatic nitrogens is 3. The molecule has 4 rings (SSSR count). The molecular formula is C26H23FN4O2. The first-order valence-electron chi connectivity index (χ1n) is 10.5. The van der Waals surface area contributed by atoms with Crippen molar-refractivity contribution in [1.82, 2.24) is 19.9 Å². The normalized spacial score (nSPS) is 10.7. The van der Waals surface area contributed by atoms with Crippen LogP contribution in [0.5, 0.6) is 0 Å². The van der Waals surface area contributed by atoms with E-state index in [1.807, 2.05) is 30.3 Å². The van der Waals surface area contributed by atoms with Crippen molar-refractivity contribution in [3.05, 3.63) is 129 Å². The van der Waals surface area contributed by atoms with Gasteiger partial charge in [0.2, 0.25) is 0 Å². The molecule has 0 saturated carbocycles. The van der Waals surface area contributed by atoms with Gasteiger partial charge in [-0.05, 0) is 53.8 Å². The number of nitrogens with zero attached hydrogens (tertiary/aromatic N) is 3. The van der Waals surface area contributed by atoms with Crippen LogP contribution < -0.4 is 10.9 Å². The van der Waals surface area contributed by atoms with Gasteiger partial charge in [0.15, 0.2) is 0 Å². The summed E-state index contributed by atoms with van der Waals surface area (Å²) in [4.78, 5) is 32.6. The van der Waals surface area contributed by atoms with Gasteiger partial charge in [-0.25, -0.2) is 4.39 Å². The minimum absolute atomic E-state index is 0.00252. The van der Waals surface area contributed by atoms with Crippen LogP contribution in [0.3, 0.4) is 0 Å². The van der Waals surface area contributed by atoms with E-state index in [1.165, 1.54) is 12.4 Å². The second-order valence-electron chi connectivity index (χ2n) is 7.81. The average Bonchev–Trinajstić information content (AvgIpc) is 2.83. The van der Waals surface area contributed by atoms with Gasteiger partial charge in [0.1, 0.15) is 5.82 Å². The van der Waals surface area contributed by atoms with E-state index in [9.17, 15) is 14.0 Å². The van der Waals surface area contributed by atoms with E-state index in [0.29, 0.717) is 24.1 Å². The van der Waals surface area contributed by atoms with E-state index in [4.69, 9.17) is 0 Å². The number of halogens is 1. The van der Waals surface area contributed by atoms with Crippen LogP contribution in [0.2, 0.25) is 0 Å². The van der Waals surface area contributed by atoms with Gasteiger partial charge in [0.25, 0.3) is 11.5 Å². The summed E-state index contributed by atoms with van der Waals surface area (Å²) in [5, 5.41) is 2.70. The topological polar surface area (TPSA) is 76.9 Å². The number of amides is 1. The SMILES string of the molecule is Cc1ccnc(CNC(=O)c2cncc(Cc3ccc(Cn4ccccc4=O)cc3)c2)c1F. The van der Waals surface area contributed by atoms with Crippen molar-refractivity contribution in [2.24, 2.45) is 0 Å². The lowest BCUT2D eigenvalue weighted by Crippen LogP contribution is -2.24. The Morgan fingerprint density at radius 3 is 2.61 bits per heavy atom. The zero-order valence-corrected chi connectivity index (χ0v) is 18.2. The first-order chi connectivity index (χ1) is 16.0. The molecule has 0 saturated heterocycles. The lowest BCUT2D eigenvalue weighted by molar-refractivity contribution is 0.0949. The molecule has 0 aliphatic carbocycles. The zero-order chi connectivity index (χ0) is 23.2. The van der Waals surface area contributed by atoms with E-state index < -0.39 is 5.82 Å². The number of aryl methyl sites for hydroxylation is 1. The highest BCUT2D eigenvalue weighted by molar-refractivity contribution is 5.93. The van der Waals surface area contributed by atoms with Crippen molar-refractivity contribution in [1.29, 1.82) is 0 Å². The number of carbonyl (C=O) groups excluding carboxylic acids is 1. The van der Waals surface area contributed by atoms with Gasteiger partial charge in [-0.3, -0.25) is 19.6 Å². The molecule has 0 aliphatic heterocycles. The predicted molar refractivity (Wildman–Crippen MR) is 123 cm³/mol. The fraction of sp³-hybridized carbons (Fsp3) is 0.154. The van der Waals surface area contributed by atoms with Crippen LogP contribution in [-0.2, 0) is 19.5 Å². The maximum atomic E-state index is 14.1. The fourth-order valence-electron chi connectivity index (χ4n) is 3.48. The summed E-state index contributed by atoms with van der Waals surface area (Å²) in [7, 11) is 0. The quantitative estimate of drug-likeness (QED) is 0.474. The molecule has 3 heterocycles. The number of rotatable bonds is 7. The third-order valence-corrected chi connectivity index (χ3v) is 5.31. The van der Waals surface area contributed by atoms with Crippen molar-refractivity contribution in [3.63, 3.8) is 0 Å². The van der Waals surface area contributed by atoms with E-state index >= 15 is 0 Å². The molecule has 0 radical (unpaired) electrons. The Balaban J connectivity index is 1.39. The average molecular weight is 442 g/mol. The first-order valence-corrected chi connectivity index (χ1v) is 10.5. The largest absolute Gasteiger partial charge is 0.346 e. The van der Waals surface area contributed by atoms with E-state index in [0.717, 1.165) is 16.7 Å². The molecule has 3 aromatic heterocycles. The van der Waals surface area contributed by atoms with Crippen LogP contribution >= 0.6 is 0 Å². The molecule has 6 nitrogen and oxygen atoms in total. The molecule has 1 N–H and O–H groups in total. The molecule has 166 valence electrons. The van der Waals surface area contributed by atoms with E-state index in [1.54, 1.807) is 48.1 Å². The maximum Gasteiger partial charge on any atom is 0.253 e. The molecule has 0 atom stereocenters. The lowest BCUT2D eigenvalue weighted by atomic mass is 10.0. The molecule has 33 heavy (non-hydrogen) atoms. The van der Waals surface area contributed by atoms with Crippen molar-refractivity contribution in [2.75, 3.05) is 0 Å². The molecule has 7 heteroatoms. The van der Waals surface area contributed by atoms with E-state index in [-0.39, 0.29) is 23.7 Å². The highest BCUT2D eigenvalue weighted by atomic mass is 19.1. The van der Waals surface area contributed by atoms with Crippen LogP contribution in [0.15, 0.2) is 84.2 Å². The van der Waals surface area contributed by atoms with Crippen molar-refractivity contribution in [2.45, 2.75) is 26.4 Å². The summed E-state index contributed by atoms with van der Waals surface area (Å²) >= 11 is 0. The van der Waals surface area contributed by atoms with Gasteiger partial charge in [-0.1, -0.05) is 30.3 Å². The van der Waals surface area contributed by atoms with Crippen molar-refractivity contribution < 1.29 is 9.18 Å². The van der Waals surface area contributed by atoms with E-state index in [2.05, 4.69) is 15.3 Å². The standard InChI is InChI=1S/C26H23FN4O2/c1-18-9-10-29-23(25(18)27)16-30-26(33)22-13-21(14-28-15-22)12-19-5-7-20(8-6-19)17-31-11-3-2-4-24(31)32/h2-11,13-15H,12,16-17H2,1H3,(H,30,33). The minimum Gasteiger partial charge on any atom is -0.346 e. The summed E-state index contributed by atoms with van der Waals surface area (Å²) < 4.78 is 15.7. The van der Waals surface area contributed by atoms with Crippen LogP contribution in [0.4, 0.5) is 4.39 Å². The fourth-order valence-corrected chi connectivity index (χ4v) is 3.48. The number of benzene rings is 1. The first kappa shape index (κ1) is 22.1. The van der Waals surface area contributed by atoms with Gasteiger partial charge in [0, 0.05) is 30.9 Å². The smallest absolute Gasteiger partial charge is 0.253 e. The Kier molecular flexibility index (Phi) is 6.69. The van der Waals surface area contributed by atoms with Crippen LogP contribution in [0.25, 0.3) is 0 Å². The lowest BCUT2D eigenvalue weighted by Gasteiger charge is -2.09. The number of nitrogens with one attached hydrogen (secondary N) is 1. The molecule has 4 aromatic rings. The summed E-state index contributed by atoms with van der Waals surface area (Å²) in [6, 6.07) is 16.4. The molecule has 0 fully saturated rings. The van der Waals surface area contributed by atoms with Crippen molar-refractivity contribution in [3.8, 4) is 0 Å². The molecule has 0 aliphatic rings. The highest BCUT2D eigenvalue weighted by Crippen LogP contribution is 2.13. The zero-order valence-electron chi connectivity index (χ0n) is 18.2. The second kappa shape index (κ2) is 9.99. The Hall–Kier alpha value is -4.13. The molecule has 0 unspecified atom stereocenters.